The molecule has 0 radical (unpaired) electrons. The number of nitrogens with one attached hydrogen (secondary N) is 1. The minimum absolute atomic E-state index is 0.105. The minimum Gasteiger partial charge on any atom is -0.465 e. The summed E-state index contributed by atoms with van der Waals surface area (Å²) in [6.07, 6.45) is 1.40. The first-order chi connectivity index (χ1) is 8.99. The van der Waals surface area contributed by atoms with Crippen LogP contribution in [0.1, 0.15) is 23.1 Å². The fourth-order valence-electron chi connectivity index (χ4n) is 1.55. The summed E-state index contributed by atoms with van der Waals surface area (Å²) in [5, 5.41) is 2.68. The molecule has 1 aromatic heterocycles. The molecule has 0 spiro atoms. The molecule has 1 rings (SSSR count). The predicted molar refractivity (Wildman–Crippen MR) is 70.1 cm³/mol. The van der Waals surface area contributed by atoms with Crippen LogP contribution < -0.4 is 10.2 Å². The molecule has 7 heteroatoms. The maximum Gasteiger partial charge on any atom is 0.343 e. The number of aryl methyl sites for hydroxylation is 1. The molecule has 0 atom stereocenters. The van der Waals surface area contributed by atoms with Gasteiger partial charge in [-0.05, 0) is 13.8 Å². The van der Waals surface area contributed by atoms with Gasteiger partial charge in [0.1, 0.15) is 17.2 Å². The van der Waals surface area contributed by atoms with Crippen molar-refractivity contribution in [3.8, 4) is 0 Å². The van der Waals surface area contributed by atoms with Gasteiger partial charge in [0.05, 0.1) is 13.7 Å². The van der Waals surface area contributed by atoms with Crippen LogP contribution in [0.4, 0.5) is 5.82 Å². The van der Waals surface area contributed by atoms with Crippen molar-refractivity contribution in [2.24, 2.45) is 0 Å². The largest absolute Gasteiger partial charge is 0.465 e. The number of nitrogens with zero attached hydrogens (tertiary/aromatic N) is 3. The molecular weight excluding hydrogens is 248 g/mol. The van der Waals surface area contributed by atoms with E-state index in [1.807, 2.05) is 6.92 Å². The highest BCUT2D eigenvalue weighted by atomic mass is 16.5. The Labute approximate surface area is 112 Å². The van der Waals surface area contributed by atoms with Crippen LogP contribution in [-0.4, -0.2) is 49.1 Å². The standard InChI is InChI=1S/C12H18N4O3/c1-5-13-10(17)7-16(3)11-9(12(18)19-4)6-14-8(2)15-11/h6H,5,7H2,1-4H3,(H,13,17). The lowest BCUT2D eigenvalue weighted by atomic mass is 10.3. The molecule has 7 nitrogen and oxygen atoms in total. The second-order valence-corrected chi connectivity index (χ2v) is 3.96. The van der Waals surface area contributed by atoms with Crippen LogP contribution in [0.15, 0.2) is 6.20 Å². The Morgan fingerprint density at radius 3 is 2.74 bits per heavy atom. The maximum absolute atomic E-state index is 11.6. The Hall–Kier alpha value is -2.18. The Kier molecular flexibility index (Phi) is 5.23. The van der Waals surface area contributed by atoms with Crippen molar-refractivity contribution in [3.63, 3.8) is 0 Å². The molecule has 1 amide bonds. The Morgan fingerprint density at radius 2 is 2.16 bits per heavy atom. The van der Waals surface area contributed by atoms with Crippen LogP contribution >= 0.6 is 0 Å². The average Bonchev–Trinajstić information content (AvgIpc) is 2.37. The van der Waals surface area contributed by atoms with Gasteiger partial charge in [0, 0.05) is 19.8 Å². The van der Waals surface area contributed by atoms with E-state index in [1.165, 1.54) is 13.3 Å². The van der Waals surface area contributed by atoms with Gasteiger partial charge in [-0.3, -0.25) is 4.79 Å². The quantitative estimate of drug-likeness (QED) is 0.763. The van der Waals surface area contributed by atoms with Gasteiger partial charge in [0.15, 0.2) is 0 Å². The molecule has 0 aliphatic carbocycles. The number of rotatable bonds is 5. The molecule has 0 unspecified atom stereocenters. The van der Waals surface area contributed by atoms with E-state index in [4.69, 9.17) is 0 Å². The zero-order valence-electron chi connectivity index (χ0n) is 11.6. The van der Waals surface area contributed by atoms with Crippen molar-refractivity contribution in [2.45, 2.75) is 13.8 Å². The molecule has 1 heterocycles. The van der Waals surface area contributed by atoms with Crippen molar-refractivity contribution in [2.75, 3.05) is 32.1 Å². The fourth-order valence-corrected chi connectivity index (χ4v) is 1.55. The molecule has 0 fully saturated rings. The third-order valence-corrected chi connectivity index (χ3v) is 2.41. The average molecular weight is 266 g/mol. The number of aromatic nitrogens is 2. The number of amides is 1. The van der Waals surface area contributed by atoms with E-state index >= 15 is 0 Å². The summed E-state index contributed by atoms with van der Waals surface area (Å²) >= 11 is 0. The second-order valence-electron chi connectivity index (χ2n) is 3.96. The molecule has 104 valence electrons. The Morgan fingerprint density at radius 1 is 1.47 bits per heavy atom. The Balaban J connectivity index is 3.00. The number of anilines is 1. The topological polar surface area (TPSA) is 84.4 Å². The molecular formula is C12H18N4O3. The minimum atomic E-state index is -0.530. The molecule has 1 N–H and O–H groups in total. The smallest absolute Gasteiger partial charge is 0.343 e. The van der Waals surface area contributed by atoms with Crippen LogP contribution in [0, 0.1) is 6.92 Å². The summed E-state index contributed by atoms with van der Waals surface area (Å²) in [6.45, 7) is 4.21. The van der Waals surface area contributed by atoms with Gasteiger partial charge >= 0.3 is 5.97 Å². The van der Waals surface area contributed by atoms with Crippen LogP contribution in [-0.2, 0) is 9.53 Å². The fraction of sp³-hybridized carbons (Fsp3) is 0.500. The summed E-state index contributed by atoms with van der Waals surface area (Å²) < 4.78 is 4.67. The summed E-state index contributed by atoms with van der Waals surface area (Å²) in [5.74, 6) is 0.228. The highest BCUT2D eigenvalue weighted by Gasteiger charge is 2.19. The van der Waals surface area contributed by atoms with Gasteiger partial charge < -0.3 is 15.0 Å². The van der Waals surface area contributed by atoms with Crippen molar-refractivity contribution in [1.82, 2.24) is 15.3 Å². The van der Waals surface area contributed by atoms with E-state index in [1.54, 1.807) is 18.9 Å². The van der Waals surface area contributed by atoms with Gasteiger partial charge in [-0.1, -0.05) is 0 Å². The number of hydrogen-bond acceptors (Lipinski definition) is 6. The summed E-state index contributed by atoms with van der Waals surface area (Å²) in [7, 11) is 2.97. The summed E-state index contributed by atoms with van der Waals surface area (Å²) in [5.41, 5.74) is 0.236. The predicted octanol–water partition coefficient (Wildman–Crippen LogP) is 0.144. The van der Waals surface area contributed by atoms with E-state index in [0.717, 1.165) is 0 Å². The number of carbonyl (C=O) groups is 2. The Bertz CT molecular complexity index is 476. The van der Waals surface area contributed by atoms with E-state index < -0.39 is 5.97 Å². The lowest BCUT2D eigenvalue weighted by Gasteiger charge is -2.19. The van der Waals surface area contributed by atoms with Gasteiger partial charge in [0.25, 0.3) is 0 Å². The number of likely N-dealkylation sites (N-methyl/N-ethyl adjacent to an activating group) is 2. The van der Waals surface area contributed by atoms with Crippen molar-refractivity contribution in [1.29, 1.82) is 0 Å². The molecule has 0 saturated heterocycles. The lowest BCUT2D eigenvalue weighted by Crippen LogP contribution is -2.36. The molecule has 0 saturated carbocycles. The molecule has 0 bridgehead atoms. The number of hydrogen-bond donors (Lipinski definition) is 1. The van der Waals surface area contributed by atoms with E-state index in [-0.39, 0.29) is 18.0 Å². The molecule has 0 aromatic carbocycles. The number of carbonyl (C=O) groups excluding carboxylic acids is 2. The first kappa shape index (κ1) is 14.9. The summed E-state index contributed by atoms with van der Waals surface area (Å²) in [6, 6.07) is 0. The number of ether oxygens (including phenoxy) is 1. The number of methoxy groups -OCH3 is 1. The third kappa shape index (κ3) is 3.90. The normalized spacial score (nSPS) is 9.89. The van der Waals surface area contributed by atoms with Gasteiger partial charge in [-0.25, -0.2) is 14.8 Å². The van der Waals surface area contributed by atoms with Crippen molar-refractivity contribution < 1.29 is 14.3 Å². The van der Waals surface area contributed by atoms with Crippen molar-refractivity contribution >= 4 is 17.7 Å². The second kappa shape index (κ2) is 6.67. The van der Waals surface area contributed by atoms with Crippen LogP contribution in [0.25, 0.3) is 0 Å². The molecule has 19 heavy (non-hydrogen) atoms. The van der Waals surface area contributed by atoms with Crippen LogP contribution in [0.5, 0.6) is 0 Å². The van der Waals surface area contributed by atoms with Crippen LogP contribution in [0.2, 0.25) is 0 Å². The van der Waals surface area contributed by atoms with E-state index in [0.29, 0.717) is 18.2 Å². The molecule has 0 aliphatic rings. The van der Waals surface area contributed by atoms with Crippen LogP contribution in [0.3, 0.4) is 0 Å². The summed E-state index contributed by atoms with van der Waals surface area (Å²) in [4.78, 5) is 32.9. The highest BCUT2D eigenvalue weighted by molar-refractivity contribution is 5.95. The van der Waals surface area contributed by atoms with Crippen molar-refractivity contribution in [3.05, 3.63) is 17.6 Å². The molecule has 0 aliphatic heterocycles. The zero-order chi connectivity index (χ0) is 14.4. The first-order valence-corrected chi connectivity index (χ1v) is 5.89. The highest BCUT2D eigenvalue weighted by Crippen LogP contribution is 2.16. The van der Waals surface area contributed by atoms with Gasteiger partial charge in [0.2, 0.25) is 5.91 Å². The third-order valence-electron chi connectivity index (χ3n) is 2.41. The molecule has 1 aromatic rings. The number of esters is 1. The maximum atomic E-state index is 11.6. The lowest BCUT2D eigenvalue weighted by molar-refractivity contribution is -0.119. The first-order valence-electron chi connectivity index (χ1n) is 5.89. The SMILES string of the molecule is CCNC(=O)CN(C)c1nc(C)ncc1C(=O)OC. The van der Waals surface area contributed by atoms with E-state index in [2.05, 4.69) is 20.0 Å². The van der Waals surface area contributed by atoms with Gasteiger partial charge in [-0.2, -0.15) is 0 Å². The van der Waals surface area contributed by atoms with Gasteiger partial charge in [-0.15, -0.1) is 0 Å². The zero-order valence-corrected chi connectivity index (χ0v) is 11.6. The van der Waals surface area contributed by atoms with E-state index in [9.17, 15) is 9.59 Å². The monoisotopic (exact) mass is 266 g/mol.